The number of hydrogen-bond acceptors (Lipinski definition) is 4. The van der Waals surface area contributed by atoms with E-state index < -0.39 is 0 Å². The quantitative estimate of drug-likeness (QED) is 0.848. The molecule has 1 heterocycles. The Labute approximate surface area is 101 Å². The molecule has 80 valence electrons. The average Bonchev–Trinajstić information content (AvgIpc) is 2.59. The molecule has 0 fully saturated rings. The van der Waals surface area contributed by atoms with Crippen LogP contribution in [0.1, 0.15) is 5.69 Å². The van der Waals surface area contributed by atoms with E-state index in [-0.39, 0.29) is 17.5 Å². The van der Waals surface area contributed by atoms with Crippen molar-refractivity contribution in [1.29, 1.82) is 5.26 Å². The smallest absolute Gasteiger partial charge is 0.233 e. The lowest BCUT2D eigenvalue weighted by molar-refractivity contribution is 0.594. The molecule has 1 aromatic heterocycles. The van der Waals surface area contributed by atoms with Gasteiger partial charge in [0.1, 0.15) is 6.07 Å². The Morgan fingerprint density at radius 1 is 1.31 bits per heavy atom. The van der Waals surface area contributed by atoms with Crippen molar-refractivity contribution in [3.8, 4) is 17.5 Å². The third kappa shape index (κ3) is 1.71. The van der Waals surface area contributed by atoms with Gasteiger partial charge in [0.25, 0.3) is 0 Å². The van der Waals surface area contributed by atoms with Crippen LogP contribution in [0.2, 0.25) is 10.0 Å². The summed E-state index contributed by atoms with van der Waals surface area (Å²) in [6.45, 7) is 0. The van der Waals surface area contributed by atoms with Gasteiger partial charge in [-0.1, -0.05) is 29.3 Å². The van der Waals surface area contributed by atoms with E-state index in [0.29, 0.717) is 15.6 Å². The Balaban J connectivity index is 2.64. The molecule has 0 radical (unpaired) electrons. The Morgan fingerprint density at radius 2 is 1.94 bits per heavy atom. The lowest BCUT2D eigenvalue weighted by Crippen LogP contribution is -1.84. The lowest BCUT2D eigenvalue weighted by atomic mass is 10.2. The summed E-state index contributed by atoms with van der Waals surface area (Å²) in [5, 5.41) is 9.47. The molecule has 0 unspecified atom stereocenters. The van der Waals surface area contributed by atoms with Crippen LogP contribution in [0.4, 0.5) is 5.88 Å². The molecular formula is C10H5Cl2N3O. The molecule has 2 rings (SSSR count). The van der Waals surface area contributed by atoms with Crippen molar-refractivity contribution < 1.29 is 4.42 Å². The molecule has 0 saturated heterocycles. The number of nitrogens with two attached hydrogens (primary N) is 1. The van der Waals surface area contributed by atoms with Crippen LogP contribution in [0.3, 0.4) is 0 Å². The Hall–Kier alpha value is -1.70. The van der Waals surface area contributed by atoms with E-state index in [1.807, 2.05) is 6.07 Å². The minimum absolute atomic E-state index is 0.0194. The highest BCUT2D eigenvalue weighted by Gasteiger charge is 2.16. The van der Waals surface area contributed by atoms with Gasteiger partial charge in [-0.2, -0.15) is 10.2 Å². The van der Waals surface area contributed by atoms with Crippen molar-refractivity contribution in [1.82, 2.24) is 4.98 Å². The zero-order chi connectivity index (χ0) is 11.7. The first kappa shape index (κ1) is 10.8. The van der Waals surface area contributed by atoms with Crippen LogP contribution in [0, 0.1) is 11.3 Å². The van der Waals surface area contributed by atoms with Crippen molar-refractivity contribution in [2.24, 2.45) is 0 Å². The molecule has 0 amide bonds. The fourth-order valence-electron chi connectivity index (χ4n) is 1.22. The number of anilines is 1. The second-order valence-electron chi connectivity index (χ2n) is 2.94. The fraction of sp³-hybridized carbons (Fsp3) is 0. The maximum Gasteiger partial charge on any atom is 0.233 e. The molecule has 0 atom stereocenters. The van der Waals surface area contributed by atoms with E-state index >= 15 is 0 Å². The van der Waals surface area contributed by atoms with Crippen molar-refractivity contribution in [2.45, 2.75) is 0 Å². The van der Waals surface area contributed by atoms with Gasteiger partial charge in [-0.25, -0.2) is 0 Å². The molecule has 0 aliphatic carbocycles. The molecule has 16 heavy (non-hydrogen) atoms. The molecular weight excluding hydrogens is 249 g/mol. The first-order valence-electron chi connectivity index (χ1n) is 4.24. The zero-order valence-electron chi connectivity index (χ0n) is 7.87. The minimum atomic E-state index is -0.0477. The number of benzene rings is 1. The second-order valence-corrected chi connectivity index (χ2v) is 3.75. The summed E-state index contributed by atoms with van der Waals surface area (Å²) in [4.78, 5) is 3.90. The minimum Gasteiger partial charge on any atom is -0.419 e. The number of hydrogen-bond donors (Lipinski definition) is 1. The summed E-state index contributed by atoms with van der Waals surface area (Å²) in [7, 11) is 0. The predicted molar refractivity (Wildman–Crippen MR) is 61.1 cm³/mol. The highest BCUT2D eigenvalue weighted by Crippen LogP contribution is 2.35. The van der Waals surface area contributed by atoms with Crippen LogP contribution >= 0.6 is 23.2 Å². The molecule has 0 aliphatic rings. The lowest BCUT2D eigenvalue weighted by Gasteiger charge is -2.00. The van der Waals surface area contributed by atoms with Crippen LogP contribution in [0.25, 0.3) is 11.5 Å². The van der Waals surface area contributed by atoms with E-state index in [2.05, 4.69) is 4.98 Å². The van der Waals surface area contributed by atoms with Gasteiger partial charge in [-0.05, 0) is 12.1 Å². The Kier molecular flexibility index (Phi) is 2.73. The average molecular weight is 254 g/mol. The summed E-state index contributed by atoms with van der Waals surface area (Å²) in [6.07, 6.45) is 0. The van der Waals surface area contributed by atoms with Gasteiger partial charge in [0.15, 0.2) is 0 Å². The van der Waals surface area contributed by atoms with Gasteiger partial charge in [0, 0.05) is 0 Å². The standard InChI is InChI=1S/C10H5Cl2N3O/c11-5-2-1-3-6(12)8(5)10-15-7(4-13)9(14)16-10/h1-3H,14H2. The number of nitriles is 1. The van der Waals surface area contributed by atoms with E-state index in [9.17, 15) is 0 Å². The molecule has 0 spiro atoms. The maximum absolute atomic E-state index is 8.70. The van der Waals surface area contributed by atoms with Crippen LogP contribution in [0.5, 0.6) is 0 Å². The molecule has 6 heteroatoms. The third-order valence-corrected chi connectivity index (χ3v) is 2.57. The van der Waals surface area contributed by atoms with Gasteiger partial charge in [0.2, 0.25) is 17.5 Å². The Bertz CT molecular complexity index is 566. The highest BCUT2D eigenvalue weighted by atomic mass is 35.5. The number of halogens is 2. The number of aromatic nitrogens is 1. The number of rotatable bonds is 1. The molecule has 0 aliphatic heterocycles. The molecule has 1 aromatic carbocycles. The topological polar surface area (TPSA) is 75.8 Å². The van der Waals surface area contributed by atoms with Crippen LogP contribution < -0.4 is 5.73 Å². The largest absolute Gasteiger partial charge is 0.419 e. The van der Waals surface area contributed by atoms with Crippen LogP contribution in [0.15, 0.2) is 22.6 Å². The molecule has 0 bridgehead atoms. The Morgan fingerprint density at radius 3 is 2.44 bits per heavy atom. The summed E-state index contributed by atoms with van der Waals surface area (Å²) < 4.78 is 5.13. The first-order chi connectivity index (χ1) is 7.63. The normalized spacial score (nSPS) is 10.1. The van der Waals surface area contributed by atoms with Gasteiger partial charge < -0.3 is 10.2 Å². The fourth-order valence-corrected chi connectivity index (χ4v) is 1.78. The van der Waals surface area contributed by atoms with E-state index in [0.717, 1.165) is 0 Å². The maximum atomic E-state index is 8.70. The zero-order valence-corrected chi connectivity index (χ0v) is 9.38. The summed E-state index contributed by atoms with van der Waals surface area (Å²) >= 11 is 11.9. The van der Waals surface area contributed by atoms with E-state index in [4.69, 9.17) is 38.6 Å². The monoisotopic (exact) mass is 253 g/mol. The van der Waals surface area contributed by atoms with Gasteiger partial charge in [0.05, 0.1) is 15.6 Å². The highest BCUT2D eigenvalue weighted by molar-refractivity contribution is 6.38. The van der Waals surface area contributed by atoms with Gasteiger partial charge >= 0.3 is 0 Å². The van der Waals surface area contributed by atoms with Crippen LogP contribution in [-0.4, -0.2) is 4.98 Å². The third-order valence-electron chi connectivity index (χ3n) is 1.94. The molecule has 4 nitrogen and oxygen atoms in total. The first-order valence-corrected chi connectivity index (χ1v) is 5.00. The van der Waals surface area contributed by atoms with Crippen molar-refractivity contribution >= 4 is 29.1 Å². The second kappa shape index (κ2) is 4.05. The molecule has 0 saturated carbocycles. The van der Waals surface area contributed by atoms with E-state index in [1.165, 1.54) is 0 Å². The molecule has 2 aromatic rings. The summed E-state index contributed by atoms with van der Waals surface area (Å²) in [5.74, 6) is 0.0955. The number of nitrogens with zero attached hydrogens (tertiary/aromatic N) is 2. The van der Waals surface area contributed by atoms with Gasteiger partial charge in [-0.15, -0.1) is 0 Å². The summed E-state index contributed by atoms with van der Waals surface area (Å²) in [5.41, 5.74) is 5.90. The van der Waals surface area contributed by atoms with Crippen molar-refractivity contribution in [3.05, 3.63) is 33.9 Å². The van der Waals surface area contributed by atoms with Crippen molar-refractivity contribution in [3.63, 3.8) is 0 Å². The number of nitrogen functional groups attached to an aromatic ring is 1. The van der Waals surface area contributed by atoms with Crippen LogP contribution in [-0.2, 0) is 0 Å². The molecule has 2 N–H and O–H groups in total. The van der Waals surface area contributed by atoms with Gasteiger partial charge in [-0.3, -0.25) is 0 Å². The predicted octanol–water partition coefficient (Wildman–Crippen LogP) is 3.10. The SMILES string of the molecule is N#Cc1nc(-c2c(Cl)cccc2Cl)oc1N. The number of oxazole rings is 1. The van der Waals surface area contributed by atoms with E-state index in [1.54, 1.807) is 18.2 Å². The van der Waals surface area contributed by atoms with Crippen molar-refractivity contribution in [2.75, 3.05) is 5.73 Å². The summed E-state index contributed by atoms with van der Waals surface area (Å²) in [6, 6.07) is 6.80.